The van der Waals surface area contributed by atoms with Gasteiger partial charge in [0.05, 0.1) is 0 Å². The molecule has 5 nitrogen and oxygen atoms in total. The second-order valence-corrected chi connectivity index (χ2v) is 4.84. The number of aliphatic carboxylic acids is 1. The Morgan fingerprint density at radius 1 is 1.12 bits per heavy atom. The summed E-state index contributed by atoms with van der Waals surface area (Å²) in [5.74, 6) is 0.0708. The van der Waals surface area contributed by atoms with Gasteiger partial charge in [0.25, 0.3) is 0 Å². The number of amides is 1. The van der Waals surface area contributed by atoms with Crippen molar-refractivity contribution in [1.29, 1.82) is 0 Å². The van der Waals surface area contributed by atoms with Crippen LogP contribution in [0.1, 0.15) is 27.7 Å². The SMILES string of the molecule is CC(C)C(CNC(=O)COCC(=O)O)C(C)C. The lowest BCUT2D eigenvalue weighted by molar-refractivity contribution is -0.143. The molecule has 2 N–H and O–H groups in total. The van der Waals surface area contributed by atoms with Crippen molar-refractivity contribution in [2.45, 2.75) is 27.7 Å². The zero-order valence-corrected chi connectivity index (χ0v) is 11.0. The largest absolute Gasteiger partial charge is 0.480 e. The second-order valence-electron chi connectivity index (χ2n) is 4.84. The number of carboxylic acids is 1. The van der Waals surface area contributed by atoms with Gasteiger partial charge in [0.15, 0.2) is 0 Å². The number of ether oxygens (including phenoxy) is 1. The Hall–Kier alpha value is -1.10. The lowest BCUT2D eigenvalue weighted by Gasteiger charge is -2.24. The molecule has 0 bridgehead atoms. The topological polar surface area (TPSA) is 75.6 Å². The molecule has 100 valence electrons. The fourth-order valence-electron chi connectivity index (χ4n) is 1.75. The van der Waals surface area contributed by atoms with Crippen LogP contribution in [0.3, 0.4) is 0 Å². The van der Waals surface area contributed by atoms with E-state index in [2.05, 4.69) is 33.0 Å². The summed E-state index contributed by atoms with van der Waals surface area (Å²) in [5.41, 5.74) is 0. The average Bonchev–Trinajstić information content (AvgIpc) is 2.15. The third-order valence-electron chi connectivity index (χ3n) is 2.71. The number of hydrogen-bond acceptors (Lipinski definition) is 3. The van der Waals surface area contributed by atoms with Gasteiger partial charge in [-0.2, -0.15) is 0 Å². The molecule has 0 aliphatic rings. The van der Waals surface area contributed by atoms with Crippen LogP contribution in [0.15, 0.2) is 0 Å². The van der Waals surface area contributed by atoms with Crippen LogP contribution in [0.25, 0.3) is 0 Å². The van der Waals surface area contributed by atoms with Gasteiger partial charge in [-0.25, -0.2) is 4.79 Å². The summed E-state index contributed by atoms with van der Waals surface area (Å²) in [6.07, 6.45) is 0. The number of carbonyl (C=O) groups excluding carboxylic acids is 1. The molecular formula is C12H23NO4. The molecule has 1 amide bonds. The highest BCUT2D eigenvalue weighted by Crippen LogP contribution is 2.19. The molecular weight excluding hydrogens is 222 g/mol. The van der Waals surface area contributed by atoms with Crippen molar-refractivity contribution in [3.63, 3.8) is 0 Å². The molecule has 5 heteroatoms. The van der Waals surface area contributed by atoms with Crippen molar-refractivity contribution in [3.05, 3.63) is 0 Å². The van der Waals surface area contributed by atoms with Gasteiger partial charge in [0.1, 0.15) is 13.2 Å². The molecule has 0 heterocycles. The zero-order chi connectivity index (χ0) is 13.4. The maximum absolute atomic E-state index is 11.3. The van der Waals surface area contributed by atoms with E-state index >= 15 is 0 Å². The lowest BCUT2D eigenvalue weighted by atomic mass is 9.85. The lowest BCUT2D eigenvalue weighted by Crippen LogP contribution is -2.36. The quantitative estimate of drug-likeness (QED) is 0.672. The molecule has 0 radical (unpaired) electrons. The van der Waals surface area contributed by atoms with Crippen LogP contribution in [-0.4, -0.2) is 36.7 Å². The second kappa shape index (κ2) is 8.06. The predicted octanol–water partition coefficient (Wildman–Crippen LogP) is 1.13. The Kier molecular flexibility index (Phi) is 7.54. The Morgan fingerprint density at radius 3 is 2.06 bits per heavy atom. The molecule has 0 atom stereocenters. The van der Waals surface area contributed by atoms with E-state index in [9.17, 15) is 9.59 Å². The van der Waals surface area contributed by atoms with E-state index in [0.29, 0.717) is 24.3 Å². The zero-order valence-electron chi connectivity index (χ0n) is 11.0. The standard InChI is InChI=1S/C12H23NO4/c1-8(2)10(9(3)4)5-13-11(14)6-17-7-12(15)16/h8-10H,5-7H2,1-4H3,(H,13,14)(H,15,16). The van der Waals surface area contributed by atoms with E-state index < -0.39 is 12.6 Å². The number of carbonyl (C=O) groups is 2. The van der Waals surface area contributed by atoms with Crippen LogP contribution in [0.4, 0.5) is 0 Å². The smallest absolute Gasteiger partial charge is 0.329 e. The first-order chi connectivity index (χ1) is 7.84. The average molecular weight is 245 g/mol. The third kappa shape index (κ3) is 7.74. The van der Waals surface area contributed by atoms with Gasteiger partial charge in [-0.15, -0.1) is 0 Å². The molecule has 0 saturated carbocycles. The fourth-order valence-corrected chi connectivity index (χ4v) is 1.75. The Bertz CT molecular complexity index is 243. The molecule has 0 spiro atoms. The summed E-state index contributed by atoms with van der Waals surface area (Å²) in [6, 6.07) is 0. The van der Waals surface area contributed by atoms with Crippen LogP contribution >= 0.6 is 0 Å². The molecule has 0 fully saturated rings. The predicted molar refractivity (Wildman–Crippen MR) is 64.6 cm³/mol. The van der Waals surface area contributed by atoms with Crippen LogP contribution in [0.2, 0.25) is 0 Å². The minimum atomic E-state index is -1.07. The van der Waals surface area contributed by atoms with Gasteiger partial charge < -0.3 is 15.2 Å². The molecule has 0 rings (SSSR count). The maximum atomic E-state index is 11.3. The summed E-state index contributed by atoms with van der Waals surface area (Å²) < 4.78 is 4.70. The summed E-state index contributed by atoms with van der Waals surface area (Å²) in [4.78, 5) is 21.5. The van der Waals surface area contributed by atoms with Crippen molar-refractivity contribution in [2.24, 2.45) is 17.8 Å². The van der Waals surface area contributed by atoms with Crippen molar-refractivity contribution in [3.8, 4) is 0 Å². The van der Waals surface area contributed by atoms with E-state index in [1.165, 1.54) is 0 Å². The summed E-state index contributed by atoms with van der Waals surface area (Å²) in [5, 5.41) is 11.1. The molecule has 17 heavy (non-hydrogen) atoms. The molecule has 0 aromatic rings. The first-order valence-electron chi connectivity index (χ1n) is 5.90. The van der Waals surface area contributed by atoms with Gasteiger partial charge in [-0.05, 0) is 17.8 Å². The minimum absolute atomic E-state index is 0.199. The van der Waals surface area contributed by atoms with Crippen molar-refractivity contribution >= 4 is 11.9 Å². The molecule has 0 aromatic heterocycles. The Morgan fingerprint density at radius 2 is 1.65 bits per heavy atom. The van der Waals surface area contributed by atoms with Crippen LogP contribution in [-0.2, 0) is 14.3 Å². The van der Waals surface area contributed by atoms with Gasteiger partial charge in [-0.3, -0.25) is 4.79 Å². The van der Waals surface area contributed by atoms with Gasteiger partial charge >= 0.3 is 5.97 Å². The Labute approximate surface area is 103 Å². The third-order valence-corrected chi connectivity index (χ3v) is 2.71. The van der Waals surface area contributed by atoms with Gasteiger partial charge in [0.2, 0.25) is 5.91 Å². The summed E-state index contributed by atoms with van der Waals surface area (Å²) >= 11 is 0. The van der Waals surface area contributed by atoms with Crippen LogP contribution in [0.5, 0.6) is 0 Å². The maximum Gasteiger partial charge on any atom is 0.329 e. The molecule has 0 aliphatic heterocycles. The van der Waals surface area contributed by atoms with E-state index in [4.69, 9.17) is 9.84 Å². The highest BCUT2D eigenvalue weighted by molar-refractivity contribution is 5.77. The van der Waals surface area contributed by atoms with E-state index in [1.54, 1.807) is 0 Å². The van der Waals surface area contributed by atoms with E-state index in [-0.39, 0.29) is 12.5 Å². The number of hydrogen-bond donors (Lipinski definition) is 2. The monoisotopic (exact) mass is 245 g/mol. The minimum Gasteiger partial charge on any atom is -0.480 e. The van der Waals surface area contributed by atoms with Crippen LogP contribution < -0.4 is 5.32 Å². The van der Waals surface area contributed by atoms with Gasteiger partial charge in [0, 0.05) is 6.54 Å². The number of rotatable bonds is 8. The van der Waals surface area contributed by atoms with Crippen LogP contribution in [0, 0.1) is 17.8 Å². The summed E-state index contributed by atoms with van der Waals surface area (Å²) in [7, 11) is 0. The highest BCUT2D eigenvalue weighted by atomic mass is 16.5. The van der Waals surface area contributed by atoms with Crippen molar-refractivity contribution in [2.75, 3.05) is 19.8 Å². The van der Waals surface area contributed by atoms with Gasteiger partial charge in [-0.1, -0.05) is 27.7 Å². The van der Waals surface area contributed by atoms with E-state index in [1.807, 2.05) is 0 Å². The molecule has 0 saturated heterocycles. The van der Waals surface area contributed by atoms with Crippen molar-refractivity contribution in [1.82, 2.24) is 5.32 Å². The van der Waals surface area contributed by atoms with E-state index in [0.717, 1.165) is 0 Å². The fraction of sp³-hybridized carbons (Fsp3) is 0.833. The van der Waals surface area contributed by atoms with Crippen molar-refractivity contribution < 1.29 is 19.4 Å². The molecule has 0 aromatic carbocycles. The normalized spacial score (nSPS) is 11.2. The summed E-state index contributed by atoms with van der Waals surface area (Å²) in [6.45, 7) is 8.45. The molecule has 0 unspecified atom stereocenters. The number of nitrogens with one attached hydrogen (secondary N) is 1. The Balaban J connectivity index is 3.85. The number of carboxylic acid groups (broad SMARTS) is 1. The first kappa shape index (κ1) is 15.9. The molecule has 0 aliphatic carbocycles. The first-order valence-corrected chi connectivity index (χ1v) is 5.90. The highest BCUT2D eigenvalue weighted by Gasteiger charge is 2.18.